The lowest BCUT2D eigenvalue weighted by Gasteiger charge is -2.20. The summed E-state index contributed by atoms with van der Waals surface area (Å²) in [5, 5.41) is 11.6. The zero-order valence-electron chi connectivity index (χ0n) is 11.5. The summed E-state index contributed by atoms with van der Waals surface area (Å²) >= 11 is 1.44. The van der Waals surface area contributed by atoms with Gasteiger partial charge >= 0.3 is 0 Å². The largest absolute Gasteiger partial charge is 0.339 e. The summed E-state index contributed by atoms with van der Waals surface area (Å²) in [4.78, 5) is 25.2. The fourth-order valence-corrected chi connectivity index (χ4v) is 2.20. The molecule has 1 unspecified atom stereocenters. The molecule has 0 bridgehead atoms. The van der Waals surface area contributed by atoms with Gasteiger partial charge in [0.25, 0.3) is 11.8 Å². The minimum absolute atomic E-state index is 0.293. The van der Waals surface area contributed by atoms with Crippen molar-refractivity contribution >= 4 is 23.6 Å². The van der Waals surface area contributed by atoms with Gasteiger partial charge in [-0.3, -0.25) is 9.59 Å². The Morgan fingerprint density at radius 2 is 2.05 bits per heavy atom. The van der Waals surface area contributed by atoms with Gasteiger partial charge in [0.2, 0.25) is 0 Å². The van der Waals surface area contributed by atoms with Gasteiger partial charge in [-0.05, 0) is 25.3 Å². The first-order valence-corrected chi connectivity index (χ1v) is 7.59. The molecule has 0 saturated carbocycles. The van der Waals surface area contributed by atoms with Crippen LogP contribution in [0.5, 0.6) is 0 Å². The van der Waals surface area contributed by atoms with Crippen LogP contribution in [0.25, 0.3) is 0 Å². The highest BCUT2D eigenvalue weighted by Crippen LogP contribution is 2.05. The quantitative estimate of drug-likeness (QED) is 0.636. The van der Waals surface area contributed by atoms with E-state index in [0.29, 0.717) is 17.9 Å². The molecular formula is C14H17N3O2S. The van der Waals surface area contributed by atoms with E-state index in [-0.39, 0.29) is 11.8 Å². The number of amides is 2. The van der Waals surface area contributed by atoms with E-state index < -0.39 is 6.04 Å². The average Bonchev–Trinajstić information content (AvgIpc) is 2.48. The molecule has 20 heavy (non-hydrogen) atoms. The monoisotopic (exact) mass is 291 g/mol. The van der Waals surface area contributed by atoms with E-state index in [1.165, 1.54) is 11.8 Å². The maximum atomic E-state index is 12.1. The molecule has 1 aromatic carbocycles. The number of benzene rings is 1. The fraction of sp³-hybridized carbons (Fsp3) is 0.357. The number of likely N-dealkylation sites (N-methyl/N-ethyl adjacent to an activating group) is 1. The minimum atomic E-state index is -0.697. The topological polar surface area (TPSA) is 73.2 Å². The molecule has 6 heteroatoms. The van der Waals surface area contributed by atoms with E-state index >= 15 is 0 Å². The van der Waals surface area contributed by atoms with Crippen LogP contribution < -0.4 is 5.32 Å². The zero-order valence-corrected chi connectivity index (χ0v) is 12.3. The third kappa shape index (κ3) is 4.28. The third-order valence-electron chi connectivity index (χ3n) is 2.68. The van der Waals surface area contributed by atoms with Crippen LogP contribution in [0, 0.1) is 11.5 Å². The van der Waals surface area contributed by atoms with Gasteiger partial charge in [0.1, 0.15) is 6.04 Å². The zero-order chi connectivity index (χ0) is 15.0. The van der Waals surface area contributed by atoms with E-state index in [0.717, 1.165) is 4.90 Å². The van der Waals surface area contributed by atoms with Crippen molar-refractivity contribution < 1.29 is 9.59 Å². The second-order valence-corrected chi connectivity index (χ2v) is 4.94. The van der Waals surface area contributed by atoms with Crippen LogP contribution in [0.1, 0.15) is 17.3 Å². The molecule has 0 aliphatic carbocycles. The highest BCUT2D eigenvalue weighted by molar-refractivity contribution is 7.98. The molecule has 2 amide bonds. The number of hydrogen-bond acceptors (Lipinski definition) is 4. The van der Waals surface area contributed by atoms with Crippen molar-refractivity contribution in [2.45, 2.75) is 13.0 Å². The van der Waals surface area contributed by atoms with Crippen molar-refractivity contribution in [3.63, 3.8) is 0 Å². The van der Waals surface area contributed by atoms with Crippen LogP contribution in [-0.4, -0.2) is 41.3 Å². The number of thioether (sulfide) groups is 1. The molecule has 0 aromatic heterocycles. The SMILES string of the molecule is CCN(C#N)C(=O)C(CSC)NC(=O)c1ccccc1. The molecule has 1 aromatic rings. The molecule has 1 N–H and O–H groups in total. The predicted molar refractivity (Wildman–Crippen MR) is 79.1 cm³/mol. The van der Waals surface area contributed by atoms with Crippen molar-refractivity contribution in [1.29, 1.82) is 5.26 Å². The Hall–Kier alpha value is -2.00. The molecule has 1 rings (SSSR count). The van der Waals surface area contributed by atoms with Gasteiger partial charge in [0.15, 0.2) is 6.19 Å². The van der Waals surface area contributed by atoms with Crippen molar-refractivity contribution in [3.8, 4) is 6.19 Å². The van der Waals surface area contributed by atoms with E-state index in [1.54, 1.807) is 31.2 Å². The van der Waals surface area contributed by atoms with Crippen molar-refractivity contribution in [2.24, 2.45) is 0 Å². The highest BCUT2D eigenvalue weighted by Gasteiger charge is 2.25. The van der Waals surface area contributed by atoms with Crippen LogP contribution in [0.2, 0.25) is 0 Å². The van der Waals surface area contributed by atoms with Gasteiger partial charge in [-0.15, -0.1) is 0 Å². The Bertz CT molecular complexity index is 499. The predicted octanol–water partition coefficient (Wildman–Crippen LogP) is 1.48. The van der Waals surface area contributed by atoms with Gasteiger partial charge in [-0.25, -0.2) is 4.90 Å². The minimum Gasteiger partial charge on any atom is -0.339 e. The van der Waals surface area contributed by atoms with Gasteiger partial charge in [-0.2, -0.15) is 17.0 Å². The molecule has 0 heterocycles. The lowest BCUT2D eigenvalue weighted by atomic mass is 10.2. The Balaban J connectivity index is 2.80. The third-order valence-corrected chi connectivity index (χ3v) is 3.34. The molecule has 0 radical (unpaired) electrons. The lowest BCUT2D eigenvalue weighted by Crippen LogP contribution is -2.48. The highest BCUT2D eigenvalue weighted by atomic mass is 32.2. The standard InChI is InChI=1S/C14H17N3O2S/c1-3-17(10-15)14(19)12(9-20-2)16-13(18)11-7-5-4-6-8-11/h4-8,12H,3,9H2,1-2H3,(H,16,18). The molecule has 0 saturated heterocycles. The Kier molecular flexibility index (Phi) is 6.60. The Morgan fingerprint density at radius 3 is 2.55 bits per heavy atom. The summed E-state index contributed by atoms with van der Waals surface area (Å²) in [5.74, 6) is -0.268. The maximum absolute atomic E-state index is 12.1. The molecule has 1 atom stereocenters. The molecule has 0 spiro atoms. The normalized spacial score (nSPS) is 11.2. The summed E-state index contributed by atoms with van der Waals surface area (Å²) in [6.45, 7) is 2.01. The summed E-state index contributed by atoms with van der Waals surface area (Å²) in [7, 11) is 0. The molecule has 5 nitrogen and oxygen atoms in total. The summed E-state index contributed by atoms with van der Waals surface area (Å²) in [6.07, 6.45) is 3.67. The second-order valence-electron chi connectivity index (χ2n) is 4.03. The first-order valence-electron chi connectivity index (χ1n) is 6.20. The van der Waals surface area contributed by atoms with Crippen LogP contribution >= 0.6 is 11.8 Å². The van der Waals surface area contributed by atoms with E-state index in [1.807, 2.05) is 18.5 Å². The fourth-order valence-electron chi connectivity index (χ4n) is 1.64. The van der Waals surface area contributed by atoms with Gasteiger partial charge in [0.05, 0.1) is 0 Å². The number of nitrogens with zero attached hydrogens (tertiary/aromatic N) is 2. The first-order chi connectivity index (χ1) is 9.63. The van der Waals surface area contributed by atoms with Crippen LogP contribution in [-0.2, 0) is 4.79 Å². The number of carbonyl (C=O) groups excluding carboxylic acids is 2. The van der Waals surface area contributed by atoms with Crippen LogP contribution in [0.3, 0.4) is 0 Å². The molecule has 0 aliphatic rings. The van der Waals surface area contributed by atoms with Gasteiger partial charge in [0, 0.05) is 17.9 Å². The first kappa shape index (κ1) is 16.1. The number of hydrogen-bond donors (Lipinski definition) is 1. The maximum Gasteiger partial charge on any atom is 0.259 e. The second kappa shape index (κ2) is 8.23. The number of carbonyl (C=O) groups is 2. The Morgan fingerprint density at radius 1 is 1.40 bits per heavy atom. The van der Waals surface area contributed by atoms with Crippen LogP contribution in [0.4, 0.5) is 0 Å². The number of nitriles is 1. The Labute approximate surface area is 122 Å². The lowest BCUT2D eigenvalue weighted by molar-refractivity contribution is -0.129. The number of rotatable bonds is 6. The average molecular weight is 291 g/mol. The summed E-state index contributed by atoms with van der Waals surface area (Å²) in [6, 6.07) is 7.99. The number of nitrogens with one attached hydrogen (secondary N) is 1. The van der Waals surface area contributed by atoms with E-state index in [9.17, 15) is 9.59 Å². The van der Waals surface area contributed by atoms with Gasteiger partial charge in [-0.1, -0.05) is 18.2 Å². The van der Waals surface area contributed by atoms with E-state index in [4.69, 9.17) is 5.26 Å². The van der Waals surface area contributed by atoms with Crippen molar-refractivity contribution in [3.05, 3.63) is 35.9 Å². The van der Waals surface area contributed by atoms with Crippen molar-refractivity contribution in [2.75, 3.05) is 18.6 Å². The smallest absolute Gasteiger partial charge is 0.259 e. The molecule has 106 valence electrons. The van der Waals surface area contributed by atoms with Gasteiger partial charge < -0.3 is 5.32 Å². The molecule has 0 aliphatic heterocycles. The molecule has 0 fully saturated rings. The summed E-state index contributed by atoms with van der Waals surface area (Å²) in [5.41, 5.74) is 0.492. The van der Waals surface area contributed by atoms with E-state index in [2.05, 4.69) is 5.32 Å². The summed E-state index contributed by atoms with van der Waals surface area (Å²) < 4.78 is 0. The van der Waals surface area contributed by atoms with Crippen molar-refractivity contribution in [1.82, 2.24) is 10.2 Å². The van der Waals surface area contributed by atoms with Crippen LogP contribution in [0.15, 0.2) is 30.3 Å². The molecular weight excluding hydrogens is 274 g/mol.